The zero-order valence-corrected chi connectivity index (χ0v) is 13.5. The van der Waals surface area contributed by atoms with Gasteiger partial charge >= 0.3 is 0 Å². The Morgan fingerprint density at radius 3 is 2.44 bits per heavy atom. The highest BCUT2D eigenvalue weighted by molar-refractivity contribution is 14.0. The number of rotatable bonds is 2. The van der Waals surface area contributed by atoms with Gasteiger partial charge in [-0.25, -0.2) is 0 Å². The van der Waals surface area contributed by atoms with Crippen LogP contribution >= 0.6 is 24.0 Å². The molecule has 16 heavy (non-hydrogen) atoms. The third-order valence-corrected chi connectivity index (χ3v) is 5.12. The fourth-order valence-corrected chi connectivity index (χ4v) is 3.97. The molecular weight excluding hydrogens is 309 g/mol. The third kappa shape index (κ3) is 2.58. The van der Waals surface area contributed by atoms with Gasteiger partial charge in [-0.15, -0.1) is 24.0 Å². The molecule has 0 bridgehead atoms. The summed E-state index contributed by atoms with van der Waals surface area (Å²) >= 11 is 0. The van der Waals surface area contributed by atoms with Crippen molar-refractivity contribution in [2.45, 2.75) is 77.3 Å². The van der Waals surface area contributed by atoms with Crippen LogP contribution in [-0.4, -0.2) is 23.0 Å². The first kappa shape index (κ1) is 14.7. The topological polar surface area (TPSA) is 3.24 Å². The smallest absolute Gasteiger partial charge is 0.0181 e. The quantitative estimate of drug-likeness (QED) is 0.673. The SMILES string of the molecule is CCN1C2CCCCC2CCC1(C)CC.I. The van der Waals surface area contributed by atoms with Crippen molar-refractivity contribution in [2.24, 2.45) is 5.92 Å². The fourth-order valence-electron chi connectivity index (χ4n) is 3.97. The first-order valence-electron chi connectivity index (χ1n) is 6.98. The van der Waals surface area contributed by atoms with Gasteiger partial charge in [0.1, 0.15) is 0 Å². The summed E-state index contributed by atoms with van der Waals surface area (Å²) < 4.78 is 0. The monoisotopic (exact) mass is 337 g/mol. The average molecular weight is 337 g/mol. The number of nitrogens with zero attached hydrogens (tertiary/aromatic N) is 1. The molecule has 0 N–H and O–H groups in total. The highest BCUT2D eigenvalue weighted by Gasteiger charge is 2.42. The van der Waals surface area contributed by atoms with Gasteiger partial charge in [-0.05, 0) is 51.5 Å². The van der Waals surface area contributed by atoms with E-state index in [2.05, 4.69) is 25.7 Å². The zero-order chi connectivity index (χ0) is 10.9. The molecule has 0 aromatic carbocycles. The molecule has 2 aliphatic rings. The molecular formula is C14H28IN. The van der Waals surface area contributed by atoms with E-state index in [1.807, 2.05) is 0 Å². The Morgan fingerprint density at radius 1 is 1.12 bits per heavy atom. The number of likely N-dealkylation sites (tertiary alicyclic amines) is 1. The van der Waals surface area contributed by atoms with Gasteiger partial charge in [0.05, 0.1) is 0 Å². The standard InChI is InChI=1S/C14H27N.HI/c1-4-14(3)11-10-12-8-6-7-9-13(12)15(14)5-2;/h12-13H,4-11H2,1-3H3;1H. The molecule has 1 heterocycles. The molecule has 1 saturated heterocycles. The second kappa shape index (κ2) is 6.03. The minimum absolute atomic E-state index is 0. The molecule has 1 aliphatic heterocycles. The van der Waals surface area contributed by atoms with Gasteiger partial charge in [-0.1, -0.05) is 26.7 Å². The van der Waals surface area contributed by atoms with E-state index in [4.69, 9.17) is 0 Å². The number of fused-ring (bicyclic) bond motifs is 1. The van der Waals surface area contributed by atoms with Crippen molar-refractivity contribution in [3.8, 4) is 0 Å². The third-order valence-electron chi connectivity index (χ3n) is 5.12. The predicted octanol–water partition coefficient (Wildman–Crippen LogP) is 4.45. The fraction of sp³-hybridized carbons (Fsp3) is 1.00. The highest BCUT2D eigenvalue weighted by Crippen LogP contribution is 2.43. The maximum Gasteiger partial charge on any atom is 0.0181 e. The van der Waals surface area contributed by atoms with E-state index in [-0.39, 0.29) is 24.0 Å². The molecule has 1 aliphatic carbocycles. The average Bonchev–Trinajstić information content (AvgIpc) is 2.29. The largest absolute Gasteiger partial charge is 0.295 e. The van der Waals surface area contributed by atoms with Gasteiger partial charge < -0.3 is 0 Å². The molecule has 3 atom stereocenters. The summed E-state index contributed by atoms with van der Waals surface area (Å²) in [7, 11) is 0. The van der Waals surface area contributed by atoms with Crippen molar-refractivity contribution in [1.82, 2.24) is 4.90 Å². The summed E-state index contributed by atoms with van der Waals surface area (Å²) in [6, 6.07) is 0.919. The molecule has 2 fully saturated rings. The van der Waals surface area contributed by atoms with Gasteiger partial charge in [0, 0.05) is 11.6 Å². The lowest BCUT2D eigenvalue weighted by Crippen LogP contribution is -2.58. The summed E-state index contributed by atoms with van der Waals surface area (Å²) in [5, 5.41) is 0. The van der Waals surface area contributed by atoms with Crippen molar-refractivity contribution in [1.29, 1.82) is 0 Å². The van der Waals surface area contributed by atoms with E-state index in [1.165, 1.54) is 51.5 Å². The second-order valence-electron chi connectivity index (χ2n) is 5.79. The van der Waals surface area contributed by atoms with Crippen LogP contribution in [0.15, 0.2) is 0 Å². The lowest BCUT2D eigenvalue weighted by atomic mass is 9.71. The van der Waals surface area contributed by atoms with E-state index >= 15 is 0 Å². The molecule has 96 valence electrons. The lowest BCUT2D eigenvalue weighted by molar-refractivity contribution is -0.0378. The van der Waals surface area contributed by atoms with Crippen LogP contribution in [0.4, 0.5) is 0 Å². The van der Waals surface area contributed by atoms with E-state index in [1.54, 1.807) is 0 Å². The summed E-state index contributed by atoms with van der Waals surface area (Å²) in [6.45, 7) is 8.46. The van der Waals surface area contributed by atoms with Crippen molar-refractivity contribution in [2.75, 3.05) is 6.54 Å². The second-order valence-corrected chi connectivity index (χ2v) is 5.79. The van der Waals surface area contributed by atoms with Crippen LogP contribution in [0.5, 0.6) is 0 Å². The van der Waals surface area contributed by atoms with Gasteiger partial charge in [-0.3, -0.25) is 4.90 Å². The maximum absolute atomic E-state index is 2.83. The van der Waals surface area contributed by atoms with Crippen LogP contribution in [0.3, 0.4) is 0 Å². The molecule has 0 radical (unpaired) electrons. The molecule has 1 nitrogen and oxygen atoms in total. The number of hydrogen-bond donors (Lipinski definition) is 0. The van der Waals surface area contributed by atoms with Crippen LogP contribution in [0, 0.1) is 5.92 Å². The first-order chi connectivity index (χ1) is 7.21. The molecule has 3 unspecified atom stereocenters. The van der Waals surface area contributed by atoms with Crippen LogP contribution < -0.4 is 0 Å². The molecule has 2 heteroatoms. The van der Waals surface area contributed by atoms with Crippen LogP contribution in [0.25, 0.3) is 0 Å². The number of hydrogen-bond acceptors (Lipinski definition) is 1. The molecule has 0 spiro atoms. The number of piperidine rings is 1. The predicted molar refractivity (Wildman–Crippen MR) is 81.5 cm³/mol. The van der Waals surface area contributed by atoms with E-state index in [9.17, 15) is 0 Å². The summed E-state index contributed by atoms with van der Waals surface area (Å²) in [6.07, 6.45) is 10.2. The Labute approximate surface area is 118 Å². The van der Waals surface area contributed by atoms with Crippen molar-refractivity contribution in [3.05, 3.63) is 0 Å². The minimum Gasteiger partial charge on any atom is -0.295 e. The van der Waals surface area contributed by atoms with Crippen LogP contribution in [-0.2, 0) is 0 Å². The Balaban J connectivity index is 0.00000128. The molecule has 0 aromatic rings. The number of halogens is 1. The zero-order valence-electron chi connectivity index (χ0n) is 11.2. The van der Waals surface area contributed by atoms with Crippen molar-refractivity contribution < 1.29 is 0 Å². The van der Waals surface area contributed by atoms with Gasteiger partial charge in [-0.2, -0.15) is 0 Å². The normalized spacial score (nSPS) is 39.9. The van der Waals surface area contributed by atoms with E-state index in [0.29, 0.717) is 5.54 Å². The first-order valence-corrected chi connectivity index (χ1v) is 6.98. The Morgan fingerprint density at radius 2 is 1.81 bits per heavy atom. The van der Waals surface area contributed by atoms with Gasteiger partial charge in [0.15, 0.2) is 0 Å². The van der Waals surface area contributed by atoms with Gasteiger partial charge in [0.25, 0.3) is 0 Å². The molecule has 0 aromatic heterocycles. The Kier molecular flexibility index (Phi) is 5.56. The summed E-state index contributed by atoms with van der Waals surface area (Å²) in [5.41, 5.74) is 0.507. The van der Waals surface area contributed by atoms with Crippen LogP contribution in [0.1, 0.15) is 65.7 Å². The molecule has 1 saturated carbocycles. The van der Waals surface area contributed by atoms with Crippen molar-refractivity contribution >= 4 is 24.0 Å². The summed E-state index contributed by atoms with van der Waals surface area (Å²) in [4.78, 5) is 2.83. The molecule has 2 rings (SSSR count). The maximum atomic E-state index is 2.83. The van der Waals surface area contributed by atoms with Crippen LogP contribution in [0.2, 0.25) is 0 Å². The van der Waals surface area contributed by atoms with Gasteiger partial charge in [0.2, 0.25) is 0 Å². The Bertz CT molecular complexity index is 219. The van der Waals surface area contributed by atoms with Crippen molar-refractivity contribution in [3.63, 3.8) is 0 Å². The lowest BCUT2D eigenvalue weighted by Gasteiger charge is -2.54. The molecule has 0 amide bonds. The van der Waals surface area contributed by atoms with E-state index in [0.717, 1.165) is 12.0 Å². The minimum atomic E-state index is 0. The summed E-state index contributed by atoms with van der Waals surface area (Å²) in [5.74, 6) is 1.03. The highest BCUT2D eigenvalue weighted by atomic mass is 127. The van der Waals surface area contributed by atoms with E-state index < -0.39 is 0 Å². The Hall–Kier alpha value is 0.690.